The average Bonchev–Trinajstić information content (AvgIpc) is 2.76. The Morgan fingerprint density at radius 3 is 2.10 bits per heavy atom. The lowest BCUT2D eigenvalue weighted by molar-refractivity contribution is -0.126. The summed E-state index contributed by atoms with van der Waals surface area (Å²) in [4.78, 5) is 32.2. The number of pyridine rings is 1. The van der Waals surface area contributed by atoms with Gasteiger partial charge in [-0.1, -0.05) is 24.3 Å². The van der Waals surface area contributed by atoms with Crippen LogP contribution in [0.5, 0.6) is 0 Å². The number of nitrogens with zero attached hydrogens (tertiary/aromatic N) is 3. The Morgan fingerprint density at radius 2 is 1.50 bits per heavy atom. The van der Waals surface area contributed by atoms with Gasteiger partial charge in [-0.3, -0.25) is 14.8 Å². The number of anilines is 1. The Bertz CT molecular complexity index is 956. The van der Waals surface area contributed by atoms with Gasteiger partial charge in [0.1, 0.15) is 0 Å². The number of rotatable bonds is 5. The number of piperazine rings is 1. The number of amides is 2. The minimum Gasteiger partial charge on any atom is -0.368 e. The van der Waals surface area contributed by atoms with E-state index in [0.717, 1.165) is 13.1 Å². The van der Waals surface area contributed by atoms with Gasteiger partial charge in [-0.15, -0.1) is 0 Å². The Balaban J connectivity index is 1.59. The number of hydroxylamine groups is 1. The molecule has 7 nitrogen and oxygen atoms in total. The van der Waals surface area contributed by atoms with E-state index in [1.54, 1.807) is 24.3 Å². The fourth-order valence-electron chi connectivity index (χ4n) is 3.57. The predicted octanol–water partition coefficient (Wildman–Crippen LogP) is 2.58. The van der Waals surface area contributed by atoms with Crippen molar-refractivity contribution in [3.63, 3.8) is 0 Å². The first kappa shape index (κ1) is 21.3. The highest BCUT2D eigenvalue weighted by molar-refractivity contribution is 5.92. The van der Waals surface area contributed by atoms with Crippen LogP contribution in [-0.2, 0) is 9.59 Å². The number of aryl methyl sites for hydroxylation is 2. The summed E-state index contributed by atoms with van der Waals surface area (Å²) in [6.45, 7) is 7.19. The van der Waals surface area contributed by atoms with Crippen LogP contribution in [-0.4, -0.2) is 53.1 Å². The number of carbonyl (C=O) groups is 2. The van der Waals surface area contributed by atoms with Gasteiger partial charge in [0.05, 0.1) is 11.4 Å². The Morgan fingerprint density at radius 1 is 0.933 bits per heavy atom. The molecule has 0 bridgehead atoms. The summed E-state index contributed by atoms with van der Waals surface area (Å²) in [5.74, 6) is -0.675. The molecular weight excluding hydrogens is 380 g/mol. The van der Waals surface area contributed by atoms with Crippen molar-refractivity contribution in [2.45, 2.75) is 13.8 Å². The molecule has 0 spiro atoms. The first-order valence-corrected chi connectivity index (χ1v) is 9.85. The predicted molar refractivity (Wildman–Crippen MR) is 117 cm³/mol. The number of aromatic nitrogens is 1. The highest BCUT2D eigenvalue weighted by atomic mass is 16.5. The largest absolute Gasteiger partial charge is 0.368 e. The van der Waals surface area contributed by atoms with Crippen LogP contribution in [0, 0.1) is 13.8 Å². The normalized spacial score (nSPS) is 14.5. The molecule has 0 radical (unpaired) electrons. The third kappa shape index (κ3) is 5.33. The molecule has 1 aromatic heterocycles. The fraction of sp³-hybridized carbons (Fsp3) is 0.261. The van der Waals surface area contributed by atoms with Crippen molar-refractivity contribution < 1.29 is 14.8 Å². The van der Waals surface area contributed by atoms with E-state index in [4.69, 9.17) is 5.21 Å². The van der Waals surface area contributed by atoms with Crippen LogP contribution in [0.4, 0.5) is 5.69 Å². The molecule has 3 rings (SSSR count). The van der Waals surface area contributed by atoms with E-state index < -0.39 is 5.91 Å². The summed E-state index contributed by atoms with van der Waals surface area (Å²) in [5, 5.41) is 8.52. The summed E-state index contributed by atoms with van der Waals surface area (Å²) < 4.78 is 0. The van der Waals surface area contributed by atoms with Gasteiger partial charge in [0, 0.05) is 44.0 Å². The summed E-state index contributed by atoms with van der Waals surface area (Å²) in [5.41, 5.74) is 6.47. The van der Waals surface area contributed by atoms with Crippen molar-refractivity contribution >= 4 is 29.7 Å². The quantitative estimate of drug-likeness (QED) is 0.453. The van der Waals surface area contributed by atoms with E-state index in [-0.39, 0.29) is 5.91 Å². The zero-order valence-corrected chi connectivity index (χ0v) is 17.2. The minimum atomic E-state index is -0.632. The van der Waals surface area contributed by atoms with Crippen LogP contribution >= 0.6 is 0 Å². The summed E-state index contributed by atoms with van der Waals surface area (Å²) >= 11 is 0. The van der Waals surface area contributed by atoms with E-state index in [0.29, 0.717) is 24.5 Å². The third-order valence-electron chi connectivity index (χ3n) is 5.05. The van der Waals surface area contributed by atoms with Crippen molar-refractivity contribution in [1.82, 2.24) is 15.4 Å². The Labute approximate surface area is 176 Å². The van der Waals surface area contributed by atoms with E-state index in [1.807, 2.05) is 4.90 Å². The molecule has 30 heavy (non-hydrogen) atoms. The van der Waals surface area contributed by atoms with Gasteiger partial charge in [-0.25, -0.2) is 10.5 Å². The molecule has 156 valence electrons. The van der Waals surface area contributed by atoms with Crippen LogP contribution in [0.25, 0.3) is 12.2 Å². The van der Waals surface area contributed by atoms with Gasteiger partial charge in [0.25, 0.3) is 5.91 Å². The number of hydrogen-bond acceptors (Lipinski definition) is 5. The van der Waals surface area contributed by atoms with E-state index >= 15 is 0 Å². The zero-order valence-electron chi connectivity index (χ0n) is 17.2. The maximum absolute atomic E-state index is 12.6. The molecule has 2 N–H and O–H groups in total. The van der Waals surface area contributed by atoms with Gasteiger partial charge >= 0.3 is 0 Å². The molecule has 1 fully saturated rings. The van der Waals surface area contributed by atoms with Crippen LogP contribution < -0.4 is 10.4 Å². The molecule has 1 aliphatic rings. The molecule has 0 saturated carbocycles. The van der Waals surface area contributed by atoms with E-state index in [1.165, 1.54) is 40.5 Å². The summed E-state index contributed by atoms with van der Waals surface area (Å²) in [7, 11) is 0. The Kier molecular flexibility index (Phi) is 6.98. The fourth-order valence-corrected chi connectivity index (χ4v) is 3.57. The van der Waals surface area contributed by atoms with Gasteiger partial charge in [0.2, 0.25) is 5.91 Å². The van der Waals surface area contributed by atoms with E-state index in [9.17, 15) is 9.59 Å². The number of nitrogens with one attached hydrogen (secondary N) is 1. The van der Waals surface area contributed by atoms with Crippen LogP contribution in [0.1, 0.15) is 22.5 Å². The molecule has 1 aromatic carbocycles. The number of hydrogen-bond donors (Lipinski definition) is 2. The number of para-hydroxylation sites is 1. The zero-order chi connectivity index (χ0) is 21.5. The second-order valence-electron chi connectivity index (χ2n) is 7.18. The van der Waals surface area contributed by atoms with Crippen LogP contribution in [0.3, 0.4) is 0 Å². The molecule has 2 amide bonds. The Hall–Kier alpha value is -3.45. The smallest absolute Gasteiger partial charge is 0.267 e. The van der Waals surface area contributed by atoms with Crippen molar-refractivity contribution in [3.05, 3.63) is 71.1 Å². The second-order valence-corrected chi connectivity index (χ2v) is 7.18. The maximum atomic E-state index is 12.6. The highest BCUT2D eigenvalue weighted by Gasteiger charge is 2.21. The molecule has 7 heteroatoms. The van der Waals surface area contributed by atoms with Crippen molar-refractivity contribution in [2.24, 2.45) is 0 Å². The first-order chi connectivity index (χ1) is 14.5. The SMILES string of the molecule is Cc1cccc(C)c1N1CCN(C(=O)C=Cc2cccc(C=CC(=O)NO)n2)CC1. The maximum Gasteiger partial charge on any atom is 0.267 e. The molecule has 1 aliphatic heterocycles. The average molecular weight is 406 g/mol. The summed E-state index contributed by atoms with van der Waals surface area (Å²) in [6.07, 6.45) is 5.86. The monoisotopic (exact) mass is 406 g/mol. The van der Waals surface area contributed by atoms with Gasteiger partial charge in [-0.05, 0) is 49.3 Å². The standard InChI is InChI=1S/C23H26N4O3/c1-17-5-3-6-18(2)23(17)27-15-13-26(14-16-27)22(29)12-10-20-8-4-7-19(24-20)9-11-21(28)25-30/h3-12,30H,13-16H2,1-2H3,(H,25,28). The second kappa shape index (κ2) is 9.84. The molecule has 0 atom stereocenters. The summed E-state index contributed by atoms with van der Waals surface area (Å²) in [6, 6.07) is 11.6. The van der Waals surface area contributed by atoms with Crippen LogP contribution in [0.15, 0.2) is 48.6 Å². The van der Waals surface area contributed by atoms with Crippen LogP contribution in [0.2, 0.25) is 0 Å². The van der Waals surface area contributed by atoms with Crippen molar-refractivity contribution in [2.75, 3.05) is 31.1 Å². The number of carbonyl (C=O) groups excluding carboxylic acids is 2. The van der Waals surface area contributed by atoms with Gasteiger partial charge in [-0.2, -0.15) is 0 Å². The van der Waals surface area contributed by atoms with E-state index in [2.05, 4.69) is 41.9 Å². The molecule has 0 aliphatic carbocycles. The lowest BCUT2D eigenvalue weighted by Crippen LogP contribution is -2.48. The lowest BCUT2D eigenvalue weighted by Gasteiger charge is -2.37. The molecule has 2 heterocycles. The molecule has 0 unspecified atom stereocenters. The molecule has 2 aromatic rings. The topological polar surface area (TPSA) is 85.8 Å². The number of benzene rings is 1. The third-order valence-corrected chi connectivity index (χ3v) is 5.05. The van der Waals surface area contributed by atoms with Gasteiger partial charge in [0.15, 0.2) is 0 Å². The highest BCUT2D eigenvalue weighted by Crippen LogP contribution is 2.25. The first-order valence-electron chi connectivity index (χ1n) is 9.85. The minimum absolute atomic E-state index is 0.0430. The van der Waals surface area contributed by atoms with Crippen molar-refractivity contribution in [3.8, 4) is 0 Å². The van der Waals surface area contributed by atoms with Crippen molar-refractivity contribution in [1.29, 1.82) is 0 Å². The lowest BCUT2D eigenvalue weighted by atomic mass is 10.1. The van der Waals surface area contributed by atoms with Gasteiger partial charge < -0.3 is 9.80 Å². The molecule has 1 saturated heterocycles. The molecular formula is C23H26N4O3.